The van der Waals surface area contributed by atoms with Crippen molar-refractivity contribution in [2.75, 3.05) is 4.90 Å². The van der Waals surface area contributed by atoms with Gasteiger partial charge in [0.05, 0.1) is 22.1 Å². The van der Waals surface area contributed by atoms with Crippen LogP contribution in [-0.2, 0) is 0 Å². The van der Waals surface area contributed by atoms with E-state index in [0.29, 0.717) is 0 Å². The summed E-state index contributed by atoms with van der Waals surface area (Å²) in [5.74, 6) is 0. The number of fused-ring (bicyclic) bond motifs is 12. The van der Waals surface area contributed by atoms with E-state index in [1.165, 1.54) is 76.3 Å². The molecule has 0 fully saturated rings. The smallest absolute Gasteiger partial charge is 0.136 e. The van der Waals surface area contributed by atoms with Gasteiger partial charge in [0, 0.05) is 60.8 Å². The van der Waals surface area contributed by atoms with Crippen LogP contribution >= 0.6 is 0 Å². The fraction of sp³-hybridized carbons (Fsp3) is 0. The molecule has 12 aromatic carbocycles. The van der Waals surface area contributed by atoms with Crippen LogP contribution in [-0.4, -0.2) is 9.13 Å². The lowest BCUT2D eigenvalue weighted by molar-refractivity contribution is 0.669. The van der Waals surface area contributed by atoms with Crippen LogP contribution in [0.2, 0.25) is 0 Å². The molecule has 72 heavy (non-hydrogen) atoms. The third-order valence-electron chi connectivity index (χ3n) is 14.8. The van der Waals surface area contributed by atoms with Gasteiger partial charge in [0.25, 0.3) is 0 Å². The van der Waals surface area contributed by atoms with E-state index in [1.807, 2.05) is 6.07 Å². The highest BCUT2D eigenvalue weighted by Crippen LogP contribution is 2.44. The maximum atomic E-state index is 6.36. The summed E-state index contributed by atoms with van der Waals surface area (Å²) in [7, 11) is 0. The topological polar surface area (TPSA) is 26.2 Å². The molecule has 4 nitrogen and oxygen atoms in total. The van der Waals surface area contributed by atoms with E-state index < -0.39 is 0 Å². The lowest BCUT2D eigenvalue weighted by Gasteiger charge is -2.26. The van der Waals surface area contributed by atoms with Crippen molar-refractivity contribution >= 4 is 104 Å². The molecule has 0 aliphatic rings. The number of para-hydroxylation sites is 4. The molecule has 0 saturated heterocycles. The number of aromatic nitrogens is 2. The maximum absolute atomic E-state index is 6.36. The van der Waals surface area contributed by atoms with Crippen molar-refractivity contribution in [2.45, 2.75) is 0 Å². The largest absolute Gasteiger partial charge is 0.456 e. The highest BCUT2D eigenvalue weighted by molar-refractivity contribution is 6.23. The molecule has 0 spiro atoms. The fourth-order valence-electron chi connectivity index (χ4n) is 11.5. The van der Waals surface area contributed by atoms with E-state index in [4.69, 9.17) is 4.42 Å². The van der Waals surface area contributed by atoms with Gasteiger partial charge in [0.15, 0.2) is 0 Å². The van der Waals surface area contributed by atoms with Gasteiger partial charge in [-0.15, -0.1) is 0 Å². The average Bonchev–Trinajstić information content (AvgIpc) is 4.10. The Hall–Kier alpha value is -9.64. The van der Waals surface area contributed by atoms with Gasteiger partial charge in [-0.25, -0.2) is 0 Å². The van der Waals surface area contributed by atoms with Crippen molar-refractivity contribution in [1.29, 1.82) is 0 Å². The summed E-state index contributed by atoms with van der Waals surface area (Å²) in [4.78, 5) is 2.39. The van der Waals surface area contributed by atoms with E-state index in [2.05, 4.69) is 269 Å². The number of hydrogen-bond acceptors (Lipinski definition) is 2. The number of benzene rings is 12. The molecular formula is C68H43N3O. The molecule has 0 unspecified atom stereocenters. The minimum absolute atomic E-state index is 0.909. The molecule has 0 atom stereocenters. The van der Waals surface area contributed by atoms with E-state index in [1.54, 1.807) is 0 Å². The van der Waals surface area contributed by atoms with Crippen LogP contribution in [0.15, 0.2) is 265 Å². The standard InChI is InChI=1S/C68H43N3O/c1-3-18-51(19-4-1)70-62-24-11-9-22-56(62)57-35-34-55(42-65(57)70)69(54-33-28-44-14-7-8-15-48(44)39-54)53-31-26-45(27-32-53)46-16-13-17-47(38-46)49-29-36-63-60(40-49)61-43-59-50(41-64(61)71(63)52-20-5-2-6-21-52)30-37-67-68(59)58-23-10-12-25-66(58)72-67/h1-43H. The normalized spacial score (nSPS) is 11.9. The number of anilines is 3. The summed E-state index contributed by atoms with van der Waals surface area (Å²) in [6, 6.07) is 94.9. The Bertz CT molecular complexity index is 4620. The Morgan fingerprint density at radius 2 is 0.833 bits per heavy atom. The highest BCUT2D eigenvalue weighted by Gasteiger charge is 2.20. The van der Waals surface area contributed by atoms with E-state index in [9.17, 15) is 0 Å². The fourth-order valence-corrected chi connectivity index (χ4v) is 11.5. The first-order chi connectivity index (χ1) is 35.7. The van der Waals surface area contributed by atoms with Crippen molar-refractivity contribution in [3.8, 4) is 33.6 Å². The third-order valence-corrected chi connectivity index (χ3v) is 14.8. The van der Waals surface area contributed by atoms with Crippen molar-refractivity contribution in [2.24, 2.45) is 0 Å². The van der Waals surface area contributed by atoms with Gasteiger partial charge in [-0.05, 0) is 153 Å². The minimum atomic E-state index is 0.909. The van der Waals surface area contributed by atoms with Gasteiger partial charge in [0.1, 0.15) is 11.2 Å². The second-order valence-corrected chi connectivity index (χ2v) is 18.9. The lowest BCUT2D eigenvalue weighted by atomic mass is 9.97. The first-order valence-electron chi connectivity index (χ1n) is 24.6. The molecule has 0 aliphatic carbocycles. The molecule has 0 radical (unpaired) electrons. The summed E-state index contributed by atoms with van der Waals surface area (Å²) < 4.78 is 11.2. The predicted molar refractivity (Wildman–Crippen MR) is 303 cm³/mol. The summed E-state index contributed by atoms with van der Waals surface area (Å²) >= 11 is 0. The van der Waals surface area contributed by atoms with Crippen LogP contribution in [0.3, 0.4) is 0 Å². The van der Waals surface area contributed by atoms with Crippen LogP contribution in [0.5, 0.6) is 0 Å². The predicted octanol–water partition coefficient (Wildman–Crippen LogP) is 18.9. The van der Waals surface area contributed by atoms with Gasteiger partial charge in [-0.2, -0.15) is 0 Å². The van der Waals surface area contributed by atoms with Crippen molar-refractivity contribution in [3.63, 3.8) is 0 Å². The van der Waals surface area contributed by atoms with Crippen molar-refractivity contribution in [1.82, 2.24) is 9.13 Å². The van der Waals surface area contributed by atoms with Crippen molar-refractivity contribution < 1.29 is 4.42 Å². The van der Waals surface area contributed by atoms with E-state index in [-0.39, 0.29) is 0 Å². The zero-order valence-electron chi connectivity index (χ0n) is 39.1. The molecule has 0 bridgehead atoms. The molecule has 0 aliphatic heterocycles. The van der Waals surface area contributed by atoms with Crippen LogP contribution in [0.1, 0.15) is 0 Å². The van der Waals surface area contributed by atoms with Crippen LogP contribution in [0.4, 0.5) is 17.1 Å². The number of hydrogen-bond donors (Lipinski definition) is 0. The van der Waals surface area contributed by atoms with Crippen LogP contribution < -0.4 is 4.90 Å². The third kappa shape index (κ3) is 6.33. The first-order valence-corrected chi connectivity index (χ1v) is 24.6. The van der Waals surface area contributed by atoms with Crippen molar-refractivity contribution in [3.05, 3.63) is 261 Å². The Morgan fingerprint density at radius 1 is 0.264 bits per heavy atom. The second-order valence-electron chi connectivity index (χ2n) is 18.9. The van der Waals surface area contributed by atoms with Gasteiger partial charge >= 0.3 is 0 Å². The Labute approximate surface area is 415 Å². The Morgan fingerprint density at radius 3 is 1.64 bits per heavy atom. The Balaban J connectivity index is 0.847. The summed E-state index contributed by atoms with van der Waals surface area (Å²) in [5, 5.41) is 12.0. The molecule has 15 rings (SSSR count). The average molecular weight is 918 g/mol. The maximum Gasteiger partial charge on any atom is 0.136 e. The SMILES string of the molecule is c1ccc(-n2c3ccccc3c3ccc(N(c4ccc(-c5cccc(-c6ccc7c(c6)c6cc8c(ccc9oc%10ccccc%10c98)cc6n7-c6ccccc6)c5)cc4)c4ccc5ccccc5c4)cc32)cc1. The lowest BCUT2D eigenvalue weighted by Crippen LogP contribution is -2.10. The quantitative estimate of drug-likeness (QED) is 0.159. The van der Waals surface area contributed by atoms with Gasteiger partial charge in [-0.3, -0.25) is 0 Å². The van der Waals surface area contributed by atoms with E-state index in [0.717, 1.165) is 61.5 Å². The monoisotopic (exact) mass is 917 g/mol. The molecule has 15 aromatic rings. The summed E-state index contributed by atoms with van der Waals surface area (Å²) in [5.41, 5.74) is 16.7. The number of rotatable bonds is 7. The number of furan rings is 1. The molecular weight excluding hydrogens is 875 g/mol. The zero-order valence-corrected chi connectivity index (χ0v) is 39.1. The zero-order chi connectivity index (χ0) is 47.3. The molecule has 0 amide bonds. The van der Waals surface area contributed by atoms with Gasteiger partial charge in [0.2, 0.25) is 0 Å². The minimum Gasteiger partial charge on any atom is -0.456 e. The first kappa shape index (κ1) is 40.3. The van der Waals surface area contributed by atoms with Crippen LogP contribution in [0, 0.1) is 0 Å². The Kier molecular flexibility index (Phi) is 8.92. The molecule has 3 aromatic heterocycles. The van der Waals surface area contributed by atoms with E-state index >= 15 is 0 Å². The summed E-state index contributed by atoms with van der Waals surface area (Å²) in [6.45, 7) is 0. The molecule has 0 saturated carbocycles. The summed E-state index contributed by atoms with van der Waals surface area (Å²) in [6.07, 6.45) is 0. The molecule has 336 valence electrons. The second kappa shape index (κ2) is 16.0. The highest BCUT2D eigenvalue weighted by atomic mass is 16.3. The van der Waals surface area contributed by atoms with Gasteiger partial charge < -0.3 is 18.5 Å². The molecule has 4 heteroatoms. The molecule has 3 heterocycles. The van der Waals surface area contributed by atoms with Crippen LogP contribution in [0.25, 0.3) is 121 Å². The molecule has 0 N–H and O–H groups in total. The van der Waals surface area contributed by atoms with Gasteiger partial charge in [-0.1, -0.05) is 152 Å². The number of nitrogens with zero attached hydrogens (tertiary/aromatic N) is 3.